The molecule has 2 amide bonds. The summed E-state index contributed by atoms with van der Waals surface area (Å²) in [6.07, 6.45) is 1.62. The molecule has 0 aliphatic carbocycles. The van der Waals surface area contributed by atoms with Gasteiger partial charge in [-0.3, -0.25) is 14.5 Å². The minimum atomic E-state index is -0.578. The second-order valence-corrected chi connectivity index (χ2v) is 10.8. The highest BCUT2D eigenvalue weighted by molar-refractivity contribution is 8.18. The molecule has 1 aliphatic heterocycles. The van der Waals surface area contributed by atoms with Crippen molar-refractivity contribution in [2.45, 2.75) is 33.6 Å². The van der Waals surface area contributed by atoms with Crippen LogP contribution in [-0.4, -0.2) is 41.8 Å². The third-order valence-electron chi connectivity index (χ3n) is 6.07. The summed E-state index contributed by atoms with van der Waals surface area (Å²) in [5.74, 6) is 0.637. The van der Waals surface area contributed by atoms with Gasteiger partial charge >= 0.3 is 5.97 Å². The minimum Gasteiger partial charge on any atom is -0.491 e. The number of halogens is 1. The van der Waals surface area contributed by atoms with Crippen molar-refractivity contribution in [3.63, 3.8) is 0 Å². The molecule has 1 saturated heterocycles. The molecule has 0 saturated carbocycles. The van der Waals surface area contributed by atoms with E-state index >= 15 is 0 Å². The van der Waals surface area contributed by atoms with E-state index in [0.717, 1.165) is 28.6 Å². The molecule has 0 unspecified atom stereocenters. The van der Waals surface area contributed by atoms with Gasteiger partial charge in [0, 0.05) is 5.02 Å². The Bertz CT molecular complexity index is 1470. The van der Waals surface area contributed by atoms with Gasteiger partial charge in [-0.2, -0.15) is 0 Å². The number of hydrogen-bond donors (Lipinski definition) is 0. The summed E-state index contributed by atoms with van der Waals surface area (Å²) in [5.41, 5.74) is 3.07. The quantitative estimate of drug-likeness (QED) is 0.140. The summed E-state index contributed by atoms with van der Waals surface area (Å²) in [6.45, 7) is 8.64. The zero-order valence-corrected chi connectivity index (χ0v) is 24.3. The Balaban J connectivity index is 1.45. The van der Waals surface area contributed by atoms with Crippen LogP contribution in [0.5, 0.6) is 17.2 Å². The number of benzene rings is 3. The van der Waals surface area contributed by atoms with Crippen LogP contribution in [0.1, 0.15) is 53.7 Å². The van der Waals surface area contributed by atoms with E-state index in [1.165, 1.54) is 11.0 Å². The predicted octanol–water partition coefficient (Wildman–Crippen LogP) is 7.51. The highest BCUT2D eigenvalue weighted by Gasteiger charge is 2.35. The van der Waals surface area contributed by atoms with Gasteiger partial charge in [0.05, 0.1) is 23.6 Å². The Labute approximate surface area is 243 Å². The number of nitrogens with zero attached hydrogens (tertiary/aromatic N) is 1. The van der Waals surface area contributed by atoms with Gasteiger partial charge in [-0.25, -0.2) is 4.79 Å². The number of carbonyl (C=O) groups is 3. The summed E-state index contributed by atoms with van der Waals surface area (Å²) in [7, 11) is 0. The van der Waals surface area contributed by atoms with Crippen molar-refractivity contribution in [3.05, 3.63) is 92.8 Å². The molecular formula is C31H30ClNO6S. The maximum absolute atomic E-state index is 13.0. The minimum absolute atomic E-state index is 0.135. The standard InChI is InChI=1S/C31H30ClNO6S/c1-5-37-27-16-21(10-12-25(27)39-30(35)22-7-6-8-23(32)18-22)17-28-29(34)33(31(36)40-28)13-14-38-26-15-20(4)9-11-24(26)19(2)3/h6-12,15-19H,5,13-14H2,1-4H3/b28-17-. The molecule has 0 spiro atoms. The zero-order valence-electron chi connectivity index (χ0n) is 22.7. The van der Waals surface area contributed by atoms with E-state index in [1.54, 1.807) is 42.5 Å². The molecule has 1 fully saturated rings. The van der Waals surface area contributed by atoms with Crippen molar-refractivity contribution in [2.24, 2.45) is 0 Å². The van der Waals surface area contributed by atoms with Crippen LogP contribution >= 0.6 is 23.4 Å². The Morgan fingerprint density at radius 1 is 1.00 bits per heavy atom. The lowest BCUT2D eigenvalue weighted by atomic mass is 10.0. The van der Waals surface area contributed by atoms with E-state index < -0.39 is 5.97 Å². The Hall–Kier alpha value is -3.75. The molecule has 40 heavy (non-hydrogen) atoms. The van der Waals surface area contributed by atoms with E-state index in [4.69, 9.17) is 25.8 Å². The molecule has 7 nitrogen and oxygen atoms in total. The number of hydrogen-bond acceptors (Lipinski definition) is 7. The lowest BCUT2D eigenvalue weighted by Gasteiger charge is -2.17. The normalized spacial score (nSPS) is 14.2. The van der Waals surface area contributed by atoms with Crippen LogP contribution in [0.2, 0.25) is 5.02 Å². The van der Waals surface area contributed by atoms with Crippen molar-refractivity contribution in [1.29, 1.82) is 0 Å². The molecule has 0 bridgehead atoms. The molecular weight excluding hydrogens is 550 g/mol. The van der Waals surface area contributed by atoms with Crippen LogP contribution in [-0.2, 0) is 4.79 Å². The maximum atomic E-state index is 13.0. The van der Waals surface area contributed by atoms with Gasteiger partial charge in [-0.05, 0) is 90.7 Å². The second kappa shape index (κ2) is 13.1. The molecule has 0 N–H and O–H groups in total. The SMILES string of the molecule is CCOc1cc(/C=C2\SC(=O)N(CCOc3cc(C)ccc3C(C)C)C2=O)ccc1OC(=O)c1cccc(Cl)c1. The first-order chi connectivity index (χ1) is 19.2. The van der Waals surface area contributed by atoms with Gasteiger partial charge in [-0.15, -0.1) is 0 Å². The van der Waals surface area contributed by atoms with E-state index in [1.807, 2.05) is 32.0 Å². The topological polar surface area (TPSA) is 82.1 Å². The molecule has 0 radical (unpaired) electrons. The van der Waals surface area contributed by atoms with Crippen molar-refractivity contribution < 1.29 is 28.6 Å². The number of esters is 1. The fourth-order valence-electron chi connectivity index (χ4n) is 4.08. The van der Waals surface area contributed by atoms with Gasteiger partial charge in [0.25, 0.3) is 11.1 Å². The van der Waals surface area contributed by atoms with E-state index in [-0.39, 0.29) is 40.9 Å². The summed E-state index contributed by atoms with van der Waals surface area (Å²) >= 11 is 6.85. The molecule has 4 rings (SSSR count). The number of aryl methyl sites for hydroxylation is 1. The highest BCUT2D eigenvalue weighted by Crippen LogP contribution is 2.35. The number of carbonyl (C=O) groups excluding carboxylic acids is 3. The first kappa shape index (κ1) is 29.2. The Kier molecular flexibility index (Phi) is 9.55. The van der Waals surface area contributed by atoms with Crippen LogP contribution in [0.15, 0.2) is 65.6 Å². The van der Waals surface area contributed by atoms with Crippen LogP contribution in [0.25, 0.3) is 6.08 Å². The summed E-state index contributed by atoms with van der Waals surface area (Å²) in [6, 6.07) is 17.4. The van der Waals surface area contributed by atoms with Crippen LogP contribution < -0.4 is 14.2 Å². The van der Waals surface area contributed by atoms with E-state index in [2.05, 4.69) is 13.8 Å². The number of thioether (sulfide) groups is 1. The first-order valence-corrected chi connectivity index (χ1v) is 14.1. The predicted molar refractivity (Wildman–Crippen MR) is 157 cm³/mol. The van der Waals surface area contributed by atoms with Crippen molar-refractivity contribution in [3.8, 4) is 17.2 Å². The van der Waals surface area contributed by atoms with Crippen molar-refractivity contribution >= 4 is 46.6 Å². The summed E-state index contributed by atoms with van der Waals surface area (Å²) in [4.78, 5) is 39.8. The third-order valence-corrected chi connectivity index (χ3v) is 7.21. The van der Waals surface area contributed by atoms with Crippen LogP contribution in [0.4, 0.5) is 4.79 Å². The summed E-state index contributed by atoms with van der Waals surface area (Å²) < 4.78 is 17.2. The zero-order chi connectivity index (χ0) is 28.8. The molecule has 3 aromatic carbocycles. The molecule has 0 atom stereocenters. The van der Waals surface area contributed by atoms with Gasteiger partial charge in [0.1, 0.15) is 12.4 Å². The fourth-order valence-corrected chi connectivity index (χ4v) is 5.13. The molecule has 1 heterocycles. The van der Waals surface area contributed by atoms with Crippen molar-refractivity contribution in [1.82, 2.24) is 4.90 Å². The monoisotopic (exact) mass is 579 g/mol. The third kappa shape index (κ3) is 7.06. The number of imide groups is 1. The number of ether oxygens (including phenoxy) is 3. The highest BCUT2D eigenvalue weighted by atomic mass is 35.5. The van der Waals surface area contributed by atoms with Crippen molar-refractivity contribution in [2.75, 3.05) is 19.8 Å². The molecule has 0 aromatic heterocycles. The average molecular weight is 580 g/mol. The fraction of sp³-hybridized carbons (Fsp3) is 0.258. The summed E-state index contributed by atoms with van der Waals surface area (Å²) in [5, 5.41) is 0.0658. The largest absolute Gasteiger partial charge is 0.491 e. The lowest BCUT2D eigenvalue weighted by Crippen LogP contribution is -2.32. The number of rotatable bonds is 10. The number of amides is 2. The molecule has 9 heteroatoms. The lowest BCUT2D eigenvalue weighted by molar-refractivity contribution is -0.123. The second-order valence-electron chi connectivity index (χ2n) is 9.42. The van der Waals surface area contributed by atoms with Gasteiger partial charge in [0.2, 0.25) is 0 Å². The molecule has 208 valence electrons. The maximum Gasteiger partial charge on any atom is 0.343 e. The van der Waals surface area contributed by atoms with Crippen LogP contribution in [0.3, 0.4) is 0 Å². The Morgan fingerprint density at radius 2 is 1.80 bits per heavy atom. The van der Waals surface area contributed by atoms with E-state index in [9.17, 15) is 14.4 Å². The first-order valence-electron chi connectivity index (χ1n) is 12.9. The van der Waals surface area contributed by atoms with Crippen LogP contribution in [0, 0.1) is 6.92 Å². The van der Waals surface area contributed by atoms with Gasteiger partial charge in [0.15, 0.2) is 11.5 Å². The van der Waals surface area contributed by atoms with Gasteiger partial charge in [-0.1, -0.05) is 49.7 Å². The molecule has 3 aromatic rings. The average Bonchev–Trinajstić information content (AvgIpc) is 3.17. The Morgan fingerprint density at radius 3 is 2.52 bits per heavy atom. The van der Waals surface area contributed by atoms with E-state index in [0.29, 0.717) is 28.5 Å². The molecule has 1 aliphatic rings. The smallest absolute Gasteiger partial charge is 0.343 e. The van der Waals surface area contributed by atoms with Gasteiger partial charge < -0.3 is 14.2 Å².